The average molecular weight is 462 g/mol. The number of aromatic amines is 1. The second kappa shape index (κ2) is 9.82. The van der Waals surface area contributed by atoms with Gasteiger partial charge in [-0.15, -0.1) is 0 Å². The quantitative estimate of drug-likeness (QED) is 0.417. The Bertz CT molecular complexity index is 1340. The van der Waals surface area contributed by atoms with Crippen LogP contribution >= 0.6 is 0 Å². The van der Waals surface area contributed by atoms with E-state index in [0.717, 1.165) is 71.8 Å². The van der Waals surface area contributed by atoms with E-state index in [9.17, 15) is 4.79 Å². The Hall–Kier alpha value is -3.43. The summed E-state index contributed by atoms with van der Waals surface area (Å²) in [5.41, 5.74) is 3.38. The topological polar surface area (TPSA) is 91.3 Å². The van der Waals surface area contributed by atoms with Crippen molar-refractivity contribution in [1.29, 1.82) is 0 Å². The molecule has 9 heteroatoms. The summed E-state index contributed by atoms with van der Waals surface area (Å²) in [7, 11) is 2.17. The molecule has 34 heavy (non-hydrogen) atoms. The van der Waals surface area contributed by atoms with E-state index >= 15 is 0 Å². The Morgan fingerprint density at radius 3 is 2.76 bits per heavy atom. The van der Waals surface area contributed by atoms with Gasteiger partial charge in [0.15, 0.2) is 0 Å². The van der Waals surface area contributed by atoms with Gasteiger partial charge in [-0.3, -0.25) is 9.47 Å². The zero-order valence-electron chi connectivity index (χ0n) is 19.8. The molecular weight excluding hydrogens is 430 g/mol. The third-order valence-corrected chi connectivity index (χ3v) is 6.53. The van der Waals surface area contributed by atoms with Crippen LogP contribution in [0.15, 0.2) is 47.5 Å². The number of hydrogen-bond donors (Lipinski definition) is 2. The highest BCUT2D eigenvalue weighted by atomic mass is 16.5. The SMILES string of the molecule is CCn1c(=O)[nH]c2cc3c(NCc4ccccc4OCCN4CCN(C)CC4)ncnc3cc21. The van der Waals surface area contributed by atoms with Crippen molar-refractivity contribution in [3.63, 3.8) is 0 Å². The predicted octanol–water partition coefficient (Wildman–Crippen LogP) is 2.53. The summed E-state index contributed by atoms with van der Waals surface area (Å²) >= 11 is 0. The number of benzene rings is 2. The maximum Gasteiger partial charge on any atom is 0.326 e. The number of piperazine rings is 1. The molecule has 2 N–H and O–H groups in total. The Balaban J connectivity index is 1.30. The van der Waals surface area contributed by atoms with Crippen LogP contribution in [-0.4, -0.2) is 75.7 Å². The van der Waals surface area contributed by atoms with Crippen LogP contribution < -0.4 is 15.7 Å². The molecule has 0 aliphatic carbocycles. The number of hydrogen-bond acceptors (Lipinski definition) is 7. The van der Waals surface area contributed by atoms with Crippen molar-refractivity contribution in [2.24, 2.45) is 0 Å². The first kappa shape index (κ1) is 22.4. The number of fused-ring (bicyclic) bond motifs is 2. The summed E-state index contributed by atoms with van der Waals surface area (Å²) in [5.74, 6) is 1.61. The standard InChI is InChI=1S/C25H31N7O2/c1-3-32-22-15-20-19(14-21(22)29-25(32)33)24(28-17-27-20)26-16-18-6-4-5-7-23(18)34-13-12-31-10-8-30(2)9-11-31/h4-7,14-15,17H,3,8-13,16H2,1-2H3,(H,29,33)(H,26,27,28). The van der Waals surface area contributed by atoms with Gasteiger partial charge in [0.1, 0.15) is 24.5 Å². The molecule has 0 atom stereocenters. The Labute approximate surface area is 198 Å². The number of nitrogens with one attached hydrogen (secondary N) is 2. The van der Waals surface area contributed by atoms with Crippen molar-refractivity contribution in [3.05, 3.63) is 58.8 Å². The lowest BCUT2D eigenvalue weighted by Crippen LogP contribution is -2.45. The third kappa shape index (κ3) is 4.62. The molecule has 3 heterocycles. The third-order valence-electron chi connectivity index (χ3n) is 6.53. The number of para-hydroxylation sites is 1. The van der Waals surface area contributed by atoms with Gasteiger partial charge >= 0.3 is 5.69 Å². The van der Waals surface area contributed by atoms with Gasteiger partial charge < -0.3 is 19.9 Å². The first-order chi connectivity index (χ1) is 16.6. The highest BCUT2D eigenvalue weighted by Gasteiger charge is 2.14. The zero-order chi connectivity index (χ0) is 23.5. The maximum absolute atomic E-state index is 12.2. The smallest absolute Gasteiger partial charge is 0.326 e. The maximum atomic E-state index is 12.2. The lowest BCUT2D eigenvalue weighted by atomic mass is 10.1. The van der Waals surface area contributed by atoms with E-state index in [0.29, 0.717) is 19.7 Å². The molecule has 178 valence electrons. The van der Waals surface area contributed by atoms with E-state index < -0.39 is 0 Å². The zero-order valence-corrected chi connectivity index (χ0v) is 19.8. The number of likely N-dealkylation sites (N-methyl/N-ethyl adjacent to an activating group) is 1. The largest absolute Gasteiger partial charge is 0.492 e. The normalized spacial score (nSPS) is 15.2. The van der Waals surface area contributed by atoms with Gasteiger partial charge in [0.25, 0.3) is 0 Å². The molecule has 1 fully saturated rings. The molecule has 1 aliphatic heterocycles. The van der Waals surface area contributed by atoms with Crippen LogP contribution in [0.3, 0.4) is 0 Å². The monoisotopic (exact) mass is 461 g/mol. The molecule has 4 aromatic rings. The summed E-state index contributed by atoms with van der Waals surface area (Å²) in [6.07, 6.45) is 1.55. The first-order valence-corrected chi connectivity index (χ1v) is 11.8. The molecule has 0 bridgehead atoms. The number of aryl methyl sites for hydroxylation is 1. The minimum Gasteiger partial charge on any atom is -0.492 e. The van der Waals surface area contributed by atoms with Crippen LogP contribution in [-0.2, 0) is 13.1 Å². The molecule has 1 aliphatic rings. The minimum absolute atomic E-state index is 0.113. The van der Waals surface area contributed by atoms with Crippen molar-refractivity contribution in [2.45, 2.75) is 20.0 Å². The van der Waals surface area contributed by atoms with Crippen LogP contribution in [0.2, 0.25) is 0 Å². The average Bonchev–Trinajstić information content (AvgIpc) is 3.17. The summed E-state index contributed by atoms with van der Waals surface area (Å²) in [6.45, 7) is 9.11. The van der Waals surface area contributed by atoms with E-state index in [4.69, 9.17) is 4.74 Å². The number of imidazole rings is 1. The summed E-state index contributed by atoms with van der Waals surface area (Å²) in [5, 5.41) is 4.31. The van der Waals surface area contributed by atoms with Crippen molar-refractivity contribution >= 4 is 27.8 Å². The fraction of sp³-hybridized carbons (Fsp3) is 0.400. The van der Waals surface area contributed by atoms with Gasteiger partial charge in [0.05, 0.1) is 16.6 Å². The fourth-order valence-electron chi connectivity index (χ4n) is 4.49. The Kier molecular flexibility index (Phi) is 6.46. The highest BCUT2D eigenvalue weighted by Crippen LogP contribution is 2.26. The van der Waals surface area contributed by atoms with Gasteiger partial charge in [-0.1, -0.05) is 18.2 Å². The minimum atomic E-state index is -0.113. The van der Waals surface area contributed by atoms with E-state index in [1.165, 1.54) is 0 Å². The molecule has 0 amide bonds. The Morgan fingerprint density at radius 2 is 1.94 bits per heavy atom. The van der Waals surface area contributed by atoms with Crippen LogP contribution in [0, 0.1) is 0 Å². The predicted molar refractivity (Wildman–Crippen MR) is 135 cm³/mol. The van der Waals surface area contributed by atoms with Crippen LogP contribution in [0.5, 0.6) is 5.75 Å². The second-order valence-corrected chi connectivity index (χ2v) is 8.74. The van der Waals surface area contributed by atoms with Crippen LogP contribution in [0.1, 0.15) is 12.5 Å². The van der Waals surface area contributed by atoms with E-state index in [1.807, 2.05) is 37.3 Å². The van der Waals surface area contributed by atoms with Crippen molar-refractivity contribution < 1.29 is 4.74 Å². The molecule has 9 nitrogen and oxygen atoms in total. The summed E-state index contributed by atoms with van der Waals surface area (Å²) in [6, 6.07) is 12.0. The number of H-pyrrole nitrogens is 1. The van der Waals surface area contributed by atoms with Gasteiger partial charge in [-0.25, -0.2) is 14.8 Å². The fourth-order valence-corrected chi connectivity index (χ4v) is 4.49. The molecule has 5 rings (SSSR count). The van der Waals surface area contributed by atoms with Gasteiger partial charge in [-0.2, -0.15) is 0 Å². The molecule has 0 spiro atoms. The van der Waals surface area contributed by atoms with E-state index in [2.05, 4.69) is 43.2 Å². The van der Waals surface area contributed by atoms with Gasteiger partial charge in [0, 0.05) is 56.8 Å². The first-order valence-electron chi connectivity index (χ1n) is 11.8. The molecule has 0 saturated carbocycles. The number of anilines is 1. The van der Waals surface area contributed by atoms with E-state index in [-0.39, 0.29) is 5.69 Å². The molecule has 2 aromatic carbocycles. The lowest BCUT2D eigenvalue weighted by molar-refractivity contribution is 0.133. The molecule has 1 saturated heterocycles. The Morgan fingerprint density at radius 1 is 1.12 bits per heavy atom. The number of rotatable bonds is 8. The molecule has 0 unspecified atom stereocenters. The van der Waals surface area contributed by atoms with Crippen molar-refractivity contribution in [2.75, 3.05) is 51.7 Å². The number of aromatic nitrogens is 4. The number of nitrogens with zero attached hydrogens (tertiary/aromatic N) is 5. The second-order valence-electron chi connectivity index (χ2n) is 8.74. The number of ether oxygens (including phenoxy) is 1. The van der Waals surface area contributed by atoms with Crippen LogP contribution in [0.25, 0.3) is 21.9 Å². The highest BCUT2D eigenvalue weighted by molar-refractivity contribution is 5.98. The van der Waals surface area contributed by atoms with Crippen molar-refractivity contribution in [1.82, 2.24) is 29.3 Å². The molecular formula is C25H31N7O2. The van der Waals surface area contributed by atoms with E-state index in [1.54, 1.807) is 10.9 Å². The van der Waals surface area contributed by atoms with Crippen LogP contribution in [0.4, 0.5) is 5.82 Å². The summed E-state index contributed by atoms with van der Waals surface area (Å²) < 4.78 is 7.87. The van der Waals surface area contributed by atoms with Crippen molar-refractivity contribution in [3.8, 4) is 5.75 Å². The summed E-state index contributed by atoms with van der Waals surface area (Å²) in [4.78, 5) is 28.8. The van der Waals surface area contributed by atoms with Gasteiger partial charge in [0.2, 0.25) is 0 Å². The lowest BCUT2D eigenvalue weighted by Gasteiger charge is -2.32. The molecule has 0 radical (unpaired) electrons. The van der Waals surface area contributed by atoms with Gasteiger partial charge in [-0.05, 0) is 32.2 Å². The molecule has 2 aromatic heterocycles.